The quantitative estimate of drug-likeness (QED) is 0.819. The van der Waals surface area contributed by atoms with Crippen LogP contribution in [-0.2, 0) is 6.61 Å². The van der Waals surface area contributed by atoms with E-state index in [4.69, 9.17) is 10.5 Å². The van der Waals surface area contributed by atoms with Gasteiger partial charge < -0.3 is 15.0 Å². The Hall–Kier alpha value is -2.04. The summed E-state index contributed by atoms with van der Waals surface area (Å²) in [5.74, 6) is 1.59. The Labute approximate surface area is 100 Å². The van der Waals surface area contributed by atoms with Gasteiger partial charge in [-0.3, -0.25) is 0 Å². The topological polar surface area (TPSA) is 66.0 Å². The van der Waals surface area contributed by atoms with E-state index in [1.807, 2.05) is 28.8 Å². The summed E-state index contributed by atoms with van der Waals surface area (Å²) >= 11 is 0. The van der Waals surface area contributed by atoms with Crippen molar-refractivity contribution < 1.29 is 4.74 Å². The lowest BCUT2D eigenvalue weighted by Crippen LogP contribution is -2.08. The van der Waals surface area contributed by atoms with E-state index in [0.29, 0.717) is 12.6 Å². The van der Waals surface area contributed by atoms with E-state index < -0.39 is 0 Å². The first kappa shape index (κ1) is 11.4. The predicted molar refractivity (Wildman–Crippen MR) is 65.6 cm³/mol. The fourth-order valence-electron chi connectivity index (χ4n) is 1.51. The number of hydrogen-bond acceptors (Lipinski definition) is 4. The Balaban J connectivity index is 2.02. The van der Waals surface area contributed by atoms with Gasteiger partial charge >= 0.3 is 0 Å². The molecule has 17 heavy (non-hydrogen) atoms. The number of benzene rings is 1. The zero-order valence-electron chi connectivity index (χ0n) is 10.00. The van der Waals surface area contributed by atoms with Crippen LogP contribution in [0.4, 0.5) is 5.69 Å². The maximum Gasteiger partial charge on any atom is 0.171 e. The Morgan fingerprint density at radius 3 is 2.65 bits per heavy atom. The molecule has 0 saturated heterocycles. The number of aromatic nitrogens is 3. The molecule has 90 valence electrons. The minimum Gasteiger partial charge on any atom is -0.486 e. The summed E-state index contributed by atoms with van der Waals surface area (Å²) in [6.07, 6.45) is 1.71. The van der Waals surface area contributed by atoms with Crippen LogP contribution in [-0.4, -0.2) is 14.8 Å². The SMILES string of the molecule is CC(C)n1cnnc1COc1ccc(N)cc1. The molecule has 2 aromatic rings. The van der Waals surface area contributed by atoms with Gasteiger partial charge in [0.2, 0.25) is 0 Å². The van der Waals surface area contributed by atoms with E-state index in [2.05, 4.69) is 24.0 Å². The van der Waals surface area contributed by atoms with Gasteiger partial charge in [-0.2, -0.15) is 0 Å². The van der Waals surface area contributed by atoms with Crippen LogP contribution in [0.1, 0.15) is 25.7 Å². The number of nitrogens with two attached hydrogens (primary N) is 1. The first-order chi connectivity index (χ1) is 8.16. The molecule has 2 N–H and O–H groups in total. The van der Waals surface area contributed by atoms with E-state index in [1.165, 1.54) is 0 Å². The number of rotatable bonds is 4. The Morgan fingerprint density at radius 2 is 2.00 bits per heavy atom. The minimum atomic E-state index is 0.329. The third kappa shape index (κ3) is 2.75. The molecule has 0 saturated carbocycles. The summed E-state index contributed by atoms with van der Waals surface area (Å²) in [6.45, 7) is 4.56. The van der Waals surface area contributed by atoms with Gasteiger partial charge in [-0.05, 0) is 38.1 Å². The lowest BCUT2D eigenvalue weighted by Gasteiger charge is -2.10. The fraction of sp³-hybridized carbons (Fsp3) is 0.333. The van der Waals surface area contributed by atoms with Crippen LogP contribution in [0.2, 0.25) is 0 Å². The monoisotopic (exact) mass is 232 g/mol. The van der Waals surface area contributed by atoms with Crippen LogP contribution in [0, 0.1) is 0 Å². The van der Waals surface area contributed by atoms with Gasteiger partial charge in [-0.15, -0.1) is 10.2 Å². The molecule has 2 rings (SSSR count). The van der Waals surface area contributed by atoms with E-state index in [-0.39, 0.29) is 0 Å². The first-order valence-electron chi connectivity index (χ1n) is 5.53. The van der Waals surface area contributed by atoms with Crippen LogP contribution in [0.15, 0.2) is 30.6 Å². The van der Waals surface area contributed by atoms with Crippen molar-refractivity contribution in [1.82, 2.24) is 14.8 Å². The number of nitrogen functional groups attached to an aromatic ring is 1. The van der Waals surface area contributed by atoms with Crippen molar-refractivity contribution in [3.8, 4) is 5.75 Å². The van der Waals surface area contributed by atoms with Crippen molar-refractivity contribution in [2.45, 2.75) is 26.5 Å². The smallest absolute Gasteiger partial charge is 0.171 e. The third-order valence-electron chi connectivity index (χ3n) is 2.45. The molecule has 0 aliphatic rings. The summed E-state index contributed by atoms with van der Waals surface area (Å²) in [4.78, 5) is 0. The normalized spacial score (nSPS) is 10.8. The molecule has 0 amide bonds. The second-order valence-corrected chi connectivity index (χ2v) is 4.11. The molecule has 0 spiro atoms. The Kier molecular flexibility index (Phi) is 3.27. The van der Waals surface area contributed by atoms with E-state index in [1.54, 1.807) is 6.33 Å². The van der Waals surface area contributed by atoms with Crippen molar-refractivity contribution >= 4 is 5.69 Å². The molecule has 0 aliphatic carbocycles. The molecule has 0 fully saturated rings. The molecule has 1 aromatic heterocycles. The number of nitrogens with zero attached hydrogens (tertiary/aromatic N) is 3. The molecule has 1 aromatic carbocycles. The van der Waals surface area contributed by atoms with Crippen molar-refractivity contribution in [2.24, 2.45) is 0 Å². The van der Waals surface area contributed by atoms with Gasteiger partial charge in [0, 0.05) is 11.7 Å². The summed E-state index contributed by atoms with van der Waals surface area (Å²) in [7, 11) is 0. The van der Waals surface area contributed by atoms with Crippen LogP contribution < -0.4 is 10.5 Å². The minimum absolute atomic E-state index is 0.329. The fourth-order valence-corrected chi connectivity index (χ4v) is 1.51. The van der Waals surface area contributed by atoms with Gasteiger partial charge in [-0.1, -0.05) is 0 Å². The maximum absolute atomic E-state index is 5.62. The zero-order chi connectivity index (χ0) is 12.3. The van der Waals surface area contributed by atoms with Crippen LogP contribution in [0.5, 0.6) is 5.75 Å². The average molecular weight is 232 g/mol. The van der Waals surface area contributed by atoms with E-state index in [9.17, 15) is 0 Å². The molecule has 0 aliphatic heterocycles. The van der Waals surface area contributed by atoms with Gasteiger partial charge in [0.1, 0.15) is 18.7 Å². The summed E-state index contributed by atoms with van der Waals surface area (Å²) < 4.78 is 7.60. The lowest BCUT2D eigenvalue weighted by molar-refractivity contribution is 0.286. The van der Waals surface area contributed by atoms with Crippen molar-refractivity contribution in [1.29, 1.82) is 0 Å². The van der Waals surface area contributed by atoms with Gasteiger partial charge in [-0.25, -0.2) is 0 Å². The number of hydrogen-bond donors (Lipinski definition) is 1. The highest BCUT2D eigenvalue weighted by Gasteiger charge is 2.07. The van der Waals surface area contributed by atoms with Crippen molar-refractivity contribution in [3.63, 3.8) is 0 Å². The number of anilines is 1. The molecule has 5 heteroatoms. The molecule has 5 nitrogen and oxygen atoms in total. The molecular weight excluding hydrogens is 216 g/mol. The standard InChI is InChI=1S/C12H16N4O/c1-9(2)16-8-14-15-12(16)7-17-11-5-3-10(13)4-6-11/h3-6,8-9H,7,13H2,1-2H3. The van der Waals surface area contributed by atoms with Crippen LogP contribution >= 0.6 is 0 Å². The molecular formula is C12H16N4O. The Bertz CT molecular complexity index is 476. The van der Waals surface area contributed by atoms with Crippen molar-refractivity contribution in [3.05, 3.63) is 36.4 Å². The van der Waals surface area contributed by atoms with Crippen molar-refractivity contribution in [2.75, 3.05) is 5.73 Å². The summed E-state index contributed by atoms with van der Waals surface area (Å²) in [5.41, 5.74) is 6.32. The van der Waals surface area contributed by atoms with Crippen LogP contribution in [0.25, 0.3) is 0 Å². The largest absolute Gasteiger partial charge is 0.486 e. The highest BCUT2D eigenvalue weighted by molar-refractivity contribution is 5.41. The van der Waals surface area contributed by atoms with Gasteiger partial charge in [0.15, 0.2) is 5.82 Å². The van der Waals surface area contributed by atoms with E-state index >= 15 is 0 Å². The van der Waals surface area contributed by atoms with Crippen LogP contribution in [0.3, 0.4) is 0 Å². The summed E-state index contributed by atoms with van der Waals surface area (Å²) in [6, 6.07) is 7.62. The molecule has 0 radical (unpaired) electrons. The molecule has 0 bridgehead atoms. The maximum atomic E-state index is 5.62. The second kappa shape index (κ2) is 4.86. The van der Waals surface area contributed by atoms with E-state index in [0.717, 1.165) is 17.3 Å². The predicted octanol–water partition coefficient (Wildman–Crippen LogP) is 2.02. The molecule has 1 heterocycles. The highest BCUT2D eigenvalue weighted by Crippen LogP contribution is 2.15. The molecule has 0 unspecified atom stereocenters. The number of ether oxygens (including phenoxy) is 1. The van der Waals surface area contributed by atoms with Gasteiger partial charge in [0.05, 0.1) is 0 Å². The summed E-state index contributed by atoms with van der Waals surface area (Å²) in [5, 5.41) is 7.92. The van der Waals surface area contributed by atoms with Gasteiger partial charge in [0.25, 0.3) is 0 Å². The second-order valence-electron chi connectivity index (χ2n) is 4.11. The Morgan fingerprint density at radius 1 is 1.29 bits per heavy atom. The first-order valence-corrected chi connectivity index (χ1v) is 5.53. The molecule has 0 atom stereocenters. The lowest BCUT2D eigenvalue weighted by atomic mass is 10.3. The zero-order valence-corrected chi connectivity index (χ0v) is 10.00. The highest BCUT2D eigenvalue weighted by atomic mass is 16.5. The average Bonchev–Trinajstić information content (AvgIpc) is 2.76. The third-order valence-corrected chi connectivity index (χ3v) is 2.45.